The van der Waals surface area contributed by atoms with E-state index in [2.05, 4.69) is 11.9 Å². The van der Waals surface area contributed by atoms with Crippen LogP contribution in [0.25, 0.3) is 0 Å². The molecule has 0 bridgehead atoms. The molecule has 0 radical (unpaired) electrons. The van der Waals surface area contributed by atoms with Crippen molar-refractivity contribution < 1.29 is 0 Å². The molecule has 0 spiro atoms. The predicted molar refractivity (Wildman–Crippen MR) is 46.3 cm³/mol. The molecule has 1 unspecified atom stereocenters. The molecular formula is C9H16N2. The van der Waals surface area contributed by atoms with Gasteiger partial charge in [-0.15, -0.1) is 0 Å². The van der Waals surface area contributed by atoms with E-state index in [1.54, 1.807) is 11.1 Å². The van der Waals surface area contributed by atoms with E-state index in [4.69, 9.17) is 5.73 Å². The van der Waals surface area contributed by atoms with Crippen molar-refractivity contribution in [1.29, 1.82) is 0 Å². The quantitative estimate of drug-likeness (QED) is 0.519. The van der Waals surface area contributed by atoms with Crippen molar-refractivity contribution in [3.05, 3.63) is 11.1 Å². The number of hydrogen-bond donors (Lipinski definition) is 1. The van der Waals surface area contributed by atoms with Gasteiger partial charge in [-0.25, -0.2) is 0 Å². The van der Waals surface area contributed by atoms with Crippen LogP contribution in [-0.4, -0.2) is 31.1 Å². The number of nitrogens with two attached hydrogens (primary N) is 1. The van der Waals surface area contributed by atoms with E-state index in [0.29, 0.717) is 6.04 Å². The Kier molecular flexibility index (Phi) is 1.74. The van der Waals surface area contributed by atoms with Gasteiger partial charge in [0.2, 0.25) is 0 Å². The SMILES string of the molecule is CN1CC2=C(C1)C(N)CCC2. The standard InChI is InChI=1S/C9H16N2/c1-11-5-7-3-2-4-9(10)8(7)6-11/h9H,2-6,10H2,1H3. The molecule has 0 amide bonds. The molecule has 2 aliphatic rings. The maximum absolute atomic E-state index is 6.00. The molecule has 2 rings (SSSR count). The summed E-state index contributed by atoms with van der Waals surface area (Å²) >= 11 is 0. The van der Waals surface area contributed by atoms with Gasteiger partial charge >= 0.3 is 0 Å². The molecule has 62 valence electrons. The first kappa shape index (κ1) is 7.32. The zero-order chi connectivity index (χ0) is 7.84. The summed E-state index contributed by atoms with van der Waals surface area (Å²) in [6, 6.07) is 0.378. The second-order valence-corrected chi connectivity index (χ2v) is 3.80. The van der Waals surface area contributed by atoms with Crippen LogP contribution in [0.5, 0.6) is 0 Å². The van der Waals surface area contributed by atoms with Crippen LogP contribution in [0.3, 0.4) is 0 Å². The van der Waals surface area contributed by atoms with Crippen molar-refractivity contribution in [1.82, 2.24) is 4.90 Å². The van der Waals surface area contributed by atoms with Gasteiger partial charge < -0.3 is 5.73 Å². The summed E-state index contributed by atoms with van der Waals surface area (Å²) in [5, 5.41) is 0. The average molecular weight is 152 g/mol. The summed E-state index contributed by atoms with van der Waals surface area (Å²) in [5.41, 5.74) is 9.17. The molecule has 0 aromatic rings. The lowest BCUT2D eigenvalue weighted by molar-refractivity contribution is 0.420. The number of rotatable bonds is 0. The Balaban J connectivity index is 2.19. The molecule has 2 N–H and O–H groups in total. The fraction of sp³-hybridized carbons (Fsp3) is 0.778. The molecule has 1 aliphatic carbocycles. The highest BCUT2D eigenvalue weighted by Gasteiger charge is 2.26. The molecule has 0 saturated heterocycles. The van der Waals surface area contributed by atoms with Gasteiger partial charge in [0.15, 0.2) is 0 Å². The van der Waals surface area contributed by atoms with E-state index < -0.39 is 0 Å². The van der Waals surface area contributed by atoms with Gasteiger partial charge in [-0.1, -0.05) is 5.57 Å². The first-order valence-corrected chi connectivity index (χ1v) is 4.42. The average Bonchev–Trinajstić information content (AvgIpc) is 2.31. The minimum absolute atomic E-state index is 0.378. The van der Waals surface area contributed by atoms with Gasteiger partial charge in [0.25, 0.3) is 0 Å². The molecule has 0 fully saturated rings. The first-order chi connectivity index (χ1) is 5.27. The van der Waals surface area contributed by atoms with Gasteiger partial charge in [-0.3, -0.25) is 4.90 Å². The van der Waals surface area contributed by atoms with Crippen LogP contribution in [0, 0.1) is 0 Å². The minimum atomic E-state index is 0.378. The second-order valence-electron chi connectivity index (χ2n) is 3.80. The lowest BCUT2D eigenvalue weighted by Gasteiger charge is -2.20. The van der Waals surface area contributed by atoms with E-state index in [1.165, 1.54) is 25.8 Å². The van der Waals surface area contributed by atoms with Gasteiger partial charge in [0.05, 0.1) is 0 Å². The highest BCUT2D eigenvalue weighted by Crippen LogP contribution is 2.29. The van der Waals surface area contributed by atoms with Crippen LogP contribution in [0.1, 0.15) is 19.3 Å². The zero-order valence-corrected chi connectivity index (χ0v) is 7.14. The smallest absolute Gasteiger partial charge is 0.0269 e. The number of likely N-dealkylation sites (N-methyl/N-ethyl adjacent to an activating group) is 1. The molecule has 1 heterocycles. The maximum Gasteiger partial charge on any atom is 0.0269 e. The molecule has 2 nitrogen and oxygen atoms in total. The highest BCUT2D eigenvalue weighted by molar-refractivity contribution is 5.29. The van der Waals surface area contributed by atoms with Crippen LogP contribution < -0.4 is 5.73 Å². The number of hydrogen-bond acceptors (Lipinski definition) is 2. The Morgan fingerprint density at radius 3 is 3.00 bits per heavy atom. The van der Waals surface area contributed by atoms with Crippen molar-refractivity contribution in [2.75, 3.05) is 20.1 Å². The van der Waals surface area contributed by atoms with Gasteiger partial charge in [0, 0.05) is 19.1 Å². The van der Waals surface area contributed by atoms with Crippen LogP contribution in [-0.2, 0) is 0 Å². The molecule has 0 aromatic heterocycles. The Labute approximate surface area is 68.1 Å². The summed E-state index contributed by atoms with van der Waals surface area (Å²) < 4.78 is 0. The third-order valence-electron chi connectivity index (χ3n) is 2.80. The monoisotopic (exact) mass is 152 g/mol. The summed E-state index contributed by atoms with van der Waals surface area (Å²) in [6.07, 6.45) is 3.80. The van der Waals surface area contributed by atoms with Gasteiger partial charge in [-0.2, -0.15) is 0 Å². The molecule has 0 aromatic carbocycles. The lowest BCUT2D eigenvalue weighted by Crippen LogP contribution is -2.27. The van der Waals surface area contributed by atoms with Gasteiger partial charge in [-0.05, 0) is 31.9 Å². The maximum atomic E-state index is 6.00. The molecule has 1 atom stereocenters. The number of nitrogens with zero attached hydrogens (tertiary/aromatic N) is 1. The summed E-state index contributed by atoms with van der Waals surface area (Å²) in [4.78, 5) is 2.36. The summed E-state index contributed by atoms with van der Waals surface area (Å²) in [6.45, 7) is 2.29. The van der Waals surface area contributed by atoms with E-state index >= 15 is 0 Å². The highest BCUT2D eigenvalue weighted by atomic mass is 15.1. The van der Waals surface area contributed by atoms with Crippen LogP contribution in [0.15, 0.2) is 11.1 Å². The first-order valence-electron chi connectivity index (χ1n) is 4.42. The molecular weight excluding hydrogens is 136 g/mol. The van der Waals surface area contributed by atoms with Crippen molar-refractivity contribution in [3.8, 4) is 0 Å². The van der Waals surface area contributed by atoms with E-state index in [-0.39, 0.29) is 0 Å². The Morgan fingerprint density at radius 1 is 1.45 bits per heavy atom. The summed E-state index contributed by atoms with van der Waals surface area (Å²) in [7, 11) is 2.17. The Hall–Kier alpha value is -0.340. The Morgan fingerprint density at radius 2 is 2.27 bits per heavy atom. The van der Waals surface area contributed by atoms with E-state index in [1.807, 2.05) is 0 Å². The molecule has 2 heteroatoms. The largest absolute Gasteiger partial charge is 0.324 e. The zero-order valence-electron chi connectivity index (χ0n) is 7.14. The van der Waals surface area contributed by atoms with Crippen molar-refractivity contribution in [2.45, 2.75) is 25.3 Å². The van der Waals surface area contributed by atoms with Crippen molar-refractivity contribution in [2.24, 2.45) is 5.73 Å². The predicted octanol–water partition coefficient (Wildman–Crippen LogP) is 0.740. The van der Waals surface area contributed by atoms with Gasteiger partial charge in [0.1, 0.15) is 0 Å². The van der Waals surface area contributed by atoms with Crippen LogP contribution in [0.2, 0.25) is 0 Å². The second kappa shape index (κ2) is 2.61. The topological polar surface area (TPSA) is 29.3 Å². The van der Waals surface area contributed by atoms with E-state index in [9.17, 15) is 0 Å². The minimum Gasteiger partial charge on any atom is -0.324 e. The Bertz CT molecular complexity index is 196. The van der Waals surface area contributed by atoms with Crippen LogP contribution >= 0.6 is 0 Å². The van der Waals surface area contributed by atoms with Crippen molar-refractivity contribution >= 4 is 0 Å². The molecule has 11 heavy (non-hydrogen) atoms. The fourth-order valence-corrected chi connectivity index (χ4v) is 2.21. The van der Waals surface area contributed by atoms with Crippen LogP contribution in [0.4, 0.5) is 0 Å². The fourth-order valence-electron chi connectivity index (χ4n) is 2.21. The third kappa shape index (κ3) is 1.21. The van der Waals surface area contributed by atoms with E-state index in [0.717, 1.165) is 6.54 Å². The normalized spacial score (nSPS) is 32.7. The third-order valence-corrected chi connectivity index (χ3v) is 2.80. The molecule has 1 aliphatic heterocycles. The van der Waals surface area contributed by atoms with Crippen molar-refractivity contribution in [3.63, 3.8) is 0 Å². The molecule has 0 saturated carbocycles. The summed E-state index contributed by atoms with van der Waals surface area (Å²) in [5.74, 6) is 0. The lowest BCUT2D eigenvalue weighted by atomic mass is 9.90.